The molecular weight excluding hydrogens is 267 g/mol. The van der Waals surface area contributed by atoms with Crippen LogP contribution < -0.4 is 11.1 Å². The van der Waals surface area contributed by atoms with Gasteiger partial charge in [-0.3, -0.25) is 0 Å². The average molecular weight is 287 g/mol. The van der Waals surface area contributed by atoms with Crippen LogP contribution in [0.1, 0.15) is 31.4 Å². The summed E-state index contributed by atoms with van der Waals surface area (Å²) in [6, 6.07) is 4.92. The molecule has 3 N–H and O–H groups in total. The van der Waals surface area contributed by atoms with E-state index in [1.807, 2.05) is 0 Å². The molecule has 0 aliphatic heterocycles. The fourth-order valence-corrected chi connectivity index (χ4v) is 1.52. The number of halogens is 3. The van der Waals surface area contributed by atoms with Crippen molar-refractivity contribution in [1.82, 2.24) is 5.32 Å². The fourth-order valence-electron chi connectivity index (χ4n) is 1.52. The Hall–Kier alpha value is -1.72. The molecule has 0 aromatic heterocycles. The Labute approximate surface area is 117 Å². The third-order valence-corrected chi connectivity index (χ3v) is 2.74. The van der Waals surface area contributed by atoms with E-state index in [-0.39, 0.29) is 6.54 Å². The lowest BCUT2D eigenvalue weighted by Gasteiger charge is -2.08. The third-order valence-electron chi connectivity index (χ3n) is 2.74. The molecule has 0 amide bonds. The Morgan fingerprint density at radius 2 is 1.85 bits per heavy atom. The van der Waals surface area contributed by atoms with Crippen LogP contribution in [0.25, 0.3) is 0 Å². The maximum absolute atomic E-state index is 12.4. The van der Waals surface area contributed by atoms with Crippen molar-refractivity contribution < 1.29 is 13.2 Å². The summed E-state index contributed by atoms with van der Waals surface area (Å²) in [5, 5.41) is 2.97. The SMILES string of the molecule is CC(C)CCNC(N)=NCc1ccc(C(F)(F)F)cc1. The molecule has 1 aromatic rings. The summed E-state index contributed by atoms with van der Waals surface area (Å²) in [7, 11) is 0. The second kappa shape index (κ2) is 7.17. The van der Waals surface area contributed by atoms with Crippen molar-refractivity contribution in [3.8, 4) is 0 Å². The predicted molar refractivity (Wildman–Crippen MR) is 74.2 cm³/mol. The molecule has 0 atom stereocenters. The van der Waals surface area contributed by atoms with Crippen molar-refractivity contribution in [2.75, 3.05) is 6.54 Å². The summed E-state index contributed by atoms with van der Waals surface area (Å²) in [4.78, 5) is 4.09. The summed E-state index contributed by atoms with van der Waals surface area (Å²) in [5.41, 5.74) is 5.69. The van der Waals surface area contributed by atoms with Crippen molar-refractivity contribution in [3.05, 3.63) is 35.4 Å². The van der Waals surface area contributed by atoms with Gasteiger partial charge in [0.1, 0.15) is 0 Å². The third kappa shape index (κ3) is 5.95. The summed E-state index contributed by atoms with van der Waals surface area (Å²) in [6.07, 6.45) is -3.32. The number of nitrogens with one attached hydrogen (secondary N) is 1. The van der Waals surface area contributed by atoms with E-state index in [0.29, 0.717) is 17.4 Å². The molecule has 0 unspecified atom stereocenters. The minimum Gasteiger partial charge on any atom is -0.370 e. The van der Waals surface area contributed by atoms with Crippen LogP contribution in [-0.2, 0) is 12.7 Å². The number of hydrogen-bond acceptors (Lipinski definition) is 1. The molecule has 3 nitrogen and oxygen atoms in total. The highest BCUT2D eigenvalue weighted by atomic mass is 19.4. The minimum absolute atomic E-state index is 0.263. The van der Waals surface area contributed by atoms with Crippen molar-refractivity contribution in [2.24, 2.45) is 16.6 Å². The smallest absolute Gasteiger partial charge is 0.370 e. The molecule has 1 rings (SSSR count). The van der Waals surface area contributed by atoms with E-state index in [1.54, 1.807) is 0 Å². The summed E-state index contributed by atoms with van der Waals surface area (Å²) in [6.45, 7) is 5.22. The Morgan fingerprint density at radius 3 is 2.35 bits per heavy atom. The molecule has 0 aliphatic rings. The molecule has 6 heteroatoms. The molecule has 1 aromatic carbocycles. The molecule has 0 saturated carbocycles. The van der Waals surface area contributed by atoms with Gasteiger partial charge in [-0.1, -0.05) is 26.0 Å². The number of hydrogen-bond donors (Lipinski definition) is 2. The van der Waals surface area contributed by atoms with Gasteiger partial charge in [-0.25, -0.2) is 4.99 Å². The van der Waals surface area contributed by atoms with E-state index in [9.17, 15) is 13.2 Å². The molecule has 0 saturated heterocycles. The lowest BCUT2D eigenvalue weighted by atomic mass is 10.1. The van der Waals surface area contributed by atoms with Gasteiger partial charge in [0, 0.05) is 6.54 Å². The predicted octanol–water partition coefficient (Wildman–Crippen LogP) is 3.16. The van der Waals surface area contributed by atoms with Crippen LogP contribution in [0.3, 0.4) is 0 Å². The zero-order chi connectivity index (χ0) is 15.2. The van der Waals surface area contributed by atoms with Gasteiger partial charge in [-0.05, 0) is 30.0 Å². The van der Waals surface area contributed by atoms with Crippen LogP contribution >= 0.6 is 0 Å². The maximum Gasteiger partial charge on any atom is 0.416 e. The van der Waals surface area contributed by atoms with E-state index in [4.69, 9.17) is 5.73 Å². The lowest BCUT2D eigenvalue weighted by Crippen LogP contribution is -2.32. The van der Waals surface area contributed by atoms with Crippen molar-refractivity contribution >= 4 is 5.96 Å². The van der Waals surface area contributed by atoms with E-state index in [2.05, 4.69) is 24.2 Å². The first kappa shape index (κ1) is 16.3. The maximum atomic E-state index is 12.4. The number of rotatable bonds is 5. The van der Waals surface area contributed by atoms with Crippen LogP contribution in [-0.4, -0.2) is 12.5 Å². The monoisotopic (exact) mass is 287 g/mol. The first-order valence-electron chi connectivity index (χ1n) is 6.49. The minimum atomic E-state index is -4.31. The van der Waals surface area contributed by atoms with E-state index in [0.717, 1.165) is 25.1 Å². The van der Waals surface area contributed by atoms with Crippen LogP contribution in [0.5, 0.6) is 0 Å². The molecular formula is C14H20F3N3. The molecule has 112 valence electrons. The highest BCUT2D eigenvalue weighted by molar-refractivity contribution is 5.77. The number of alkyl halides is 3. The molecule has 0 spiro atoms. The summed E-state index contributed by atoms with van der Waals surface area (Å²) < 4.78 is 37.1. The Bertz CT molecular complexity index is 436. The first-order valence-corrected chi connectivity index (χ1v) is 6.49. The molecule has 0 radical (unpaired) electrons. The zero-order valence-electron chi connectivity index (χ0n) is 11.7. The van der Waals surface area contributed by atoms with Crippen LogP contribution in [0.4, 0.5) is 13.2 Å². The van der Waals surface area contributed by atoms with Gasteiger partial charge in [-0.15, -0.1) is 0 Å². The largest absolute Gasteiger partial charge is 0.416 e. The highest BCUT2D eigenvalue weighted by Gasteiger charge is 2.29. The Morgan fingerprint density at radius 1 is 1.25 bits per heavy atom. The highest BCUT2D eigenvalue weighted by Crippen LogP contribution is 2.29. The van der Waals surface area contributed by atoms with Crippen LogP contribution in [0.15, 0.2) is 29.3 Å². The van der Waals surface area contributed by atoms with Crippen molar-refractivity contribution in [3.63, 3.8) is 0 Å². The first-order chi connectivity index (χ1) is 9.29. The molecule has 20 heavy (non-hydrogen) atoms. The molecule has 0 fully saturated rings. The second-order valence-corrected chi connectivity index (χ2v) is 5.01. The van der Waals surface area contributed by atoms with Gasteiger partial charge in [0.25, 0.3) is 0 Å². The summed E-state index contributed by atoms with van der Waals surface area (Å²) in [5.74, 6) is 0.885. The van der Waals surface area contributed by atoms with E-state index >= 15 is 0 Å². The number of nitrogens with zero attached hydrogens (tertiary/aromatic N) is 1. The van der Waals surface area contributed by atoms with Gasteiger partial charge in [0.2, 0.25) is 0 Å². The number of guanidine groups is 1. The zero-order valence-corrected chi connectivity index (χ0v) is 11.7. The average Bonchev–Trinajstić information content (AvgIpc) is 2.35. The second-order valence-electron chi connectivity index (χ2n) is 5.01. The van der Waals surface area contributed by atoms with E-state index < -0.39 is 11.7 Å². The molecule has 0 heterocycles. The van der Waals surface area contributed by atoms with Crippen LogP contribution in [0, 0.1) is 5.92 Å². The quantitative estimate of drug-likeness (QED) is 0.645. The van der Waals surface area contributed by atoms with Gasteiger partial charge in [0.15, 0.2) is 5.96 Å². The topological polar surface area (TPSA) is 50.4 Å². The van der Waals surface area contributed by atoms with Crippen molar-refractivity contribution in [2.45, 2.75) is 33.0 Å². The lowest BCUT2D eigenvalue weighted by molar-refractivity contribution is -0.137. The van der Waals surface area contributed by atoms with E-state index in [1.165, 1.54) is 12.1 Å². The van der Waals surface area contributed by atoms with Crippen LogP contribution in [0.2, 0.25) is 0 Å². The van der Waals surface area contributed by atoms with Crippen molar-refractivity contribution in [1.29, 1.82) is 0 Å². The Kier molecular flexibility index (Phi) is 5.85. The number of aliphatic imine (C=N–C) groups is 1. The van der Waals surface area contributed by atoms with Gasteiger partial charge in [-0.2, -0.15) is 13.2 Å². The number of nitrogens with two attached hydrogens (primary N) is 1. The van der Waals surface area contributed by atoms with Gasteiger partial charge in [0.05, 0.1) is 12.1 Å². The normalized spacial score (nSPS) is 12.8. The fraction of sp³-hybridized carbons (Fsp3) is 0.500. The van der Waals surface area contributed by atoms with Gasteiger partial charge < -0.3 is 11.1 Å². The summed E-state index contributed by atoms with van der Waals surface area (Å²) >= 11 is 0. The van der Waals surface area contributed by atoms with Gasteiger partial charge >= 0.3 is 6.18 Å². The molecule has 0 aliphatic carbocycles. The number of benzene rings is 1. The standard InChI is InChI=1S/C14H20F3N3/c1-10(2)7-8-19-13(18)20-9-11-3-5-12(6-4-11)14(15,16)17/h3-6,10H,7-9H2,1-2H3,(H3,18,19,20). The Balaban J connectivity index is 2.48. The molecule has 0 bridgehead atoms.